The predicted molar refractivity (Wildman–Crippen MR) is 102 cm³/mol. The maximum absolute atomic E-state index is 11.6. The van der Waals surface area contributed by atoms with Crippen molar-refractivity contribution in [3.8, 4) is 0 Å². The quantitative estimate of drug-likeness (QED) is 0.360. The van der Waals surface area contributed by atoms with E-state index < -0.39 is 0 Å². The molecule has 0 aromatic heterocycles. The smallest absolute Gasteiger partial charge is 0.305 e. The molecule has 0 aromatic carbocycles. The van der Waals surface area contributed by atoms with Crippen LogP contribution in [0.25, 0.3) is 0 Å². The van der Waals surface area contributed by atoms with Crippen molar-refractivity contribution in [2.24, 2.45) is 0 Å². The van der Waals surface area contributed by atoms with E-state index in [1.165, 1.54) is 64.2 Å². The van der Waals surface area contributed by atoms with Crippen molar-refractivity contribution >= 4 is 5.97 Å². The van der Waals surface area contributed by atoms with Crippen LogP contribution in [-0.4, -0.2) is 25.2 Å². The summed E-state index contributed by atoms with van der Waals surface area (Å²) in [7, 11) is 0. The molecule has 1 saturated heterocycles. The van der Waals surface area contributed by atoms with E-state index in [1.807, 2.05) is 13.8 Å². The SMILES string of the molecule is CC.CCCCCCCCCCCC(=O)OCC1CCCCN1.[HH]. The van der Waals surface area contributed by atoms with Crippen LogP contribution in [0.15, 0.2) is 0 Å². The molecule has 0 bridgehead atoms. The van der Waals surface area contributed by atoms with Crippen molar-refractivity contribution in [1.29, 1.82) is 0 Å². The Bertz CT molecular complexity index is 256. The summed E-state index contributed by atoms with van der Waals surface area (Å²) in [6, 6.07) is 0.394. The molecule has 0 radical (unpaired) electrons. The second-order valence-electron chi connectivity index (χ2n) is 6.41. The molecule has 0 saturated carbocycles. The van der Waals surface area contributed by atoms with Crippen LogP contribution in [0.3, 0.4) is 0 Å². The van der Waals surface area contributed by atoms with E-state index in [9.17, 15) is 4.79 Å². The van der Waals surface area contributed by atoms with Crippen molar-refractivity contribution in [1.82, 2.24) is 5.32 Å². The molecular weight excluding hydrogens is 286 g/mol. The first-order valence-corrected chi connectivity index (χ1v) is 10.2. The molecule has 140 valence electrons. The molecule has 23 heavy (non-hydrogen) atoms. The van der Waals surface area contributed by atoms with Gasteiger partial charge in [0.25, 0.3) is 0 Å². The van der Waals surface area contributed by atoms with E-state index in [4.69, 9.17) is 4.74 Å². The highest BCUT2D eigenvalue weighted by Crippen LogP contribution is 2.11. The zero-order chi connectivity index (χ0) is 17.2. The number of nitrogens with one attached hydrogen (secondary N) is 1. The zero-order valence-corrected chi connectivity index (χ0v) is 16.0. The van der Waals surface area contributed by atoms with Gasteiger partial charge >= 0.3 is 5.97 Å². The molecule has 3 nitrogen and oxygen atoms in total. The van der Waals surface area contributed by atoms with Crippen molar-refractivity contribution < 1.29 is 11.0 Å². The number of unbranched alkanes of at least 4 members (excludes halogenated alkanes) is 8. The summed E-state index contributed by atoms with van der Waals surface area (Å²) in [5.41, 5.74) is 0. The van der Waals surface area contributed by atoms with Crippen LogP contribution in [0.5, 0.6) is 0 Å². The topological polar surface area (TPSA) is 38.3 Å². The van der Waals surface area contributed by atoms with Crippen LogP contribution in [0.2, 0.25) is 0 Å². The van der Waals surface area contributed by atoms with Crippen LogP contribution < -0.4 is 5.32 Å². The molecule has 3 heteroatoms. The van der Waals surface area contributed by atoms with Gasteiger partial charge in [-0.25, -0.2) is 0 Å². The van der Waals surface area contributed by atoms with Crippen molar-refractivity contribution in [3.05, 3.63) is 0 Å². The monoisotopic (exact) mass is 329 g/mol. The highest BCUT2D eigenvalue weighted by molar-refractivity contribution is 5.69. The van der Waals surface area contributed by atoms with E-state index in [0.717, 1.165) is 19.4 Å². The van der Waals surface area contributed by atoms with Gasteiger partial charge in [-0.05, 0) is 25.8 Å². The lowest BCUT2D eigenvalue weighted by Crippen LogP contribution is -2.38. The van der Waals surface area contributed by atoms with Crippen LogP contribution >= 0.6 is 0 Å². The fourth-order valence-corrected chi connectivity index (χ4v) is 2.91. The summed E-state index contributed by atoms with van der Waals surface area (Å²) in [6.07, 6.45) is 15.8. The molecule has 1 aliphatic heterocycles. The Balaban J connectivity index is 0. The third kappa shape index (κ3) is 14.7. The maximum Gasteiger partial charge on any atom is 0.305 e. The molecule has 0 aromatic rings. The standard InChI is InChI=1S/C18H35NO2.C2H6.H2/c1-2-3-4-5-6-7-8-9-10-14-18(20)21-16-17-13-11-12-15-19-17;1-2;/h17,19H,2-16H2,1H3;1-2H3;1H. The van der Waals surface area contributed by atoms with Gasteiger partial charge in [-0.15, -0.1) is 0 Å². The second kappa shape index (κ2) is 17.8. The fraction of sp³-hybridized carbons (Fsp3) is 0.950. The van der Waals surface area contributed by atoms with E-state index in [2.05, 4.69) is 12.2 Å². The van der Waals surface area contributed by atoms with Gasteiger partial charge in [0, 0.05) is 13.9 Å². The summed E-state index contributed by atoms with van der Waals surface area (Å²) in [5, 5.41) is 3.40. The third-order valence-corrected chi connectivity index (χ3v) is 4.34. The number of piperidine rings is 1. The minimum Gasteiger partial charge on any atom is -0.464 e. The fourth-order valence-electron chi connectivity index (χ4n) is 2.91. The molecule has 1 fully saturated rings. The molecule has 1 aliphatic rings. The van der Waals surface area contributed by atoms with Crippen molar-refractivity contribution in [2.45, 2.75) is 110 Å². The third-order valence-electron chi connectivity index (χ3n) is 4.34. The molecule has 1 rings (SSSR count). The van der Waals surface area contributed by atoms with E-state index in [-0.39, 0.29) is 7.40 Å². The first kappa shape index (κ1) is 22.4. The molecule has 0 aliphatic carbocycles. The Labute approximate surface area is 146 Å². The summed E-state index contributed by atoms with van der Waals surface area (Å²) >= 11 is 0. The van der Waals surface area contributed by atoms with Crippen LogP contribution in [0.4, 0.5) is 0 Å². The van der Waals surface area contributed by atoms with E-state index in [1.54, 1.807) is 0 Å². The number of hydrogen-bond donors (Lipinski definition) is 1. The lowest BCUT2D eigenvalue weighted by Gasteiger charge is -2.22. The van der Waals surface area contributed by atoms with E-state index in [0.29, 0.717) is 19.1 Å². The predicted octanol–water partition coefficient (Wildman–Crippen LogP) is 5.86. The summed E-state index contributed by atoms with van der Waals surface area (Å²) in [4.78, 5) is 11.6. The van der Waals surface area contributed by atoms with Crippen LogP contribution in [-0.2, 0) is 9.53 Å². The van der Waals surface area contributed by atoms with Gasteiger partial charge in [-0.2, -0.15) is 0 Å². The highest BCUT2D eigenvalue weighted by Gasteiger charge is 2.14. The minimum absolute atomic E-state index is 0. The first-order chi connectivity index (χ1) is 11.3. The Morgan fingerprint density at radius 1 is 1.00 bits per heavy atom. The van der Waals surface area contributed by atoms with Gasteiger partial charge in [-0.3, -0.25) is 4.79 Å². The van der Waals surface area contributed by atoms with Gasteiger partial charge in [0.1, 0.15) is 6.61 Å². The minimum atomic E-state index is -0.00896. The maximum atomic E-state index is 11.6. The number of rotatable bonds is 12. The second-order valence-corrected chi connectivity index (χ2v) is 6.41. The largest absolute Gasteiger partial charge is 0.464 e. The van der Waals surface area contributed by atoms with Crippen molar-refractivity contribution in [2.75, 3.05) is 13.2 Å². The normalized spacial score (nSPS) is 17.3. The molecule has 1 unspecified atom stereocenters. The Morgan fingerprint density at radius 2 is 1.61 bits per heavy atom. The number of esters is 1. The number of carbonyl (C=O) groups is 1. The molecule has 1 N–H and O–H groups in total. The van der Waals surface area contributed by atoms with Crippen LogP contribution in [0, 0.1) is 0 Å². The first-order valence-electron chi connectivity index (χ1n) is 10.2. The molecule has 0 spiro atoms. The van der Waals surface area contributed by atoms with E-state index >= 15 is 0 Å². The number of ether oxygens (including phenoxy) is 1. The van der Waals surface area contributed by atoms with Gasteiger partial charge in [0.2, 0.25) is 0 Å². The number of carbonyl (C=O) groups excluding carboxylic acids is 1. The van der Waals surface area contributed by atoms with Crippen molar-refractivity contribution in [3.63, 3.8) is 0 Å². The van der Waals surface area contributed by atoms with Gasteiger partial charge < -0.3 is 10.1 Å². The lowest BCUT2D eigenvalue weighted by atomic mass is 10.1. The Hall–Kier alpha value is -0.570. The van der Waals surface area contributed by atoms with Crippen LogP contribution in [0.1, 0.15) is 106 Å². The molecule has 1 atom stereocenters. The number of hydrogen-bond acceptors (Lipinski definition) is 3. The zero-order valence-electron chi connectivity index (χ0n) is 16.0. The molecular formula is C20H43NO2. The van der Waals surface area contributed by atoms with Gasteiger partial charge in [0.15, 0.2) is 0 Å². The average molecular weight is 330 g/mol. The van der Waals surface area contributed by atoms with Gasteiger partial charge in [0.05, 0.1) is 0 Å². The lowest BCUT2D eigenvalue weighted by molar-refractivity contribution is -0.144. The summed E-state index contributed by atoms with van der Waals surface area (Å²) in [5.74, 6) is -0.00896. The average Bonchev–Trinajstić information content (AvgIpc) is 2.61. The highest BCUT2D eigenvalue weighted by atomic mass is 16.5. The molecule has 1 heterocycles. The molecule has 0 amide bonds. The Morgan fingerprint density at radius 3 is 2.17 bits per heavy atom. The van der Waals surface area contributed by atoms with Gasteiger partial charge in [-0.1, -0.05) is 78.6 Å². The Kier molecular flexibility index (Phi) is 17.3. The summed E-state index contributed by atoms with van der Waals surface area (Å²) in [6.45, 7) is 7.89. The summed E-state index contributed by atoms with van der Waals surface area (Å²) < 4.78 is 5.35.